The van der Waals surface area contributed by atoms with E-state index in [1.165, 1.54) is 0 Å². The van der Waals surface area contributed by atoms with Crippen LogP contribution in [0.2, 0.25) is 0 Å². The second kappa shape index (κ2) is 7.71. The zero-order chi connectivity index (χ0) is 13.4. The number of rotatable bonds is 6. The van der Waals surface area contributed by atoms with Crippen molar-refractivity contribution < 1.29 is 5.11 Å². The number of phenolic OH excluding ortho intramolecular Hbond substituents is 1. The van der Waals surface area contributed by atoms with E-state index in [9.17, 15) is 5.11 Å². The molecule has 18 heavy (non-hydrogen) atoms. The molecule has 94 valence electrons. The van der Waals surface area contributed by atoms with Gasteiger partial charge < -0.3 is 5.11 Å². The molecule has 0 unspecified atom stereocenters. The van der Waals surface area contributed by atoms with Crippen molar-refractivity contribution in [2.45, 2.75) is 19.4 Å². The molecule has 1 aromatic rings. The summed E-state index contributed by atoms with van der Waals surface area (Å²) in [6.07, 6.45) is 0.834. The lowest BCUT2D eigenvalue weighted by Gasteiger charge is -2.20. The van der Waals surface area contributed by atoms with Gasteiger partial charge in [0.25, 0.3) is 0 Å². The first-order valence-electron chi connectivity index (χ1n) is 5.61. The minimum atomic E-state index is 0.233. The van der Waals surface area contributed by atoms with Crippen LogP contribution in [0.25, 0.3) is 0 Å². The van der Waals surface area contributed by atoms with E-state index in [1.807, 2.05) is 11.0 Å². The molecule has 1 rings (SSSR count). The third kappa shape index (κ3) is 4.75. The van der Waals surface area contributed by atoms with Crippen molar-refractivity contribution in [2.75, 3.05) is 13.1 Å². The predicted molar refractivity (Wildman–Crippen MR) is 71.5 cm³/mol. The van der Waals surface area contributed by atoms with E-state index in [2.05, 4.69) is 28.1 Å². The van der Waals surface area contributed by atoms with Crippen LogP contribution >= 0.6 is 15.9 Å². The van der Waals surface area contributed by atoms with E-state index in [4.69, 9.17) is 10.5 Å². The number of aromatic hydroxyl groups is 1. The second-order valence-corrected chi connectivity index (χ2v) is 4.78. The lowest BCUT2D eigenvalue weighted by molar-refractivity contribution is 0.273. The van der Waals surface area contributed by atoms with Crippen molar-refractivity contribution in [1.82, 2.24) is 4.90 Å². The van der Waals surface area contributed by atoms with Gasteiger partial charge in [0.2, 0.25) is 0 Å². The monoisotopic (exact) mass is 307 g/mol. The molecule has 0 radical (unpaired) electrons. The number of benzene rings is 1. The van der Waals surface area contributed by atoms with Crippen molar-refractivity contribution in [3.8, 4) is 17.9 Å². The number of hydrogen-bond donors (Lipinski definition) is 1. The third-order valence-electron chi connectivity index (χ3n) is 2.52. The molecule has 0 heterocycles. The Labute approximate surface area is 115 Å². The van der Waals surface area contributed by atoms with E-state index >= 15 is 0 Å². The summed E-state index contributed by atoms with van der Waals surface area (Å²) in [5.41, 5.74) is 0.792. The van der Waals surface area contributed by atoms with Gasteiger partial charge in [-0.3, -0.25) is 4.90 Å². The molecule has 0 aromatic heterocycles. The van der Waals surface area contributed by atoms with Crippen LogP contribution in [0.15, 0.2) is 22.7 Å². The Balaban J connectivity index is 2.72. The lowest BCUT2D eigenvalue weighted by atomic mass is 10.2. The van der Waals surface area contributed by atoms with Gasteiger partial charge in [-0.1, -0.05) is 15.9 Å². The summed E-state index contributed by atoms with van der Waals surface area (Å²) >= 11 is 3.36. The summed E-state index contributed by atoms with van der Waals surface area (Å²) in [5.74, 6) is 0.233. The largest absolute Gasteiger partial charge is 0.508 e. The highest BCUT2D eigenvalue weighted by Crippen LogP contribution is 2.23. The number of hydrogen-bond acceptors (Lipinski definition) is 4. The van der Waals surface area contributed by atoms with Crippen molar-refractivity contribution in [3.05, 3.63) is 28.2 Å². The quantitative estimate of drug-likeness (QED) is 0.877. The second-order valence-electron chi connectivity index (χ2n) is 3.87. The molecule has 0 atom stereocenters. The molecule has 0 saturated carbocycles. The van der Waals surface area contributed by atoms with Crippen LogP contribution in [0.5, 0.6) is 5.75 Å². The maximum atomic E-state index is 9.76. The van der Waals surface area contributed by atoms with Crippen LogP contribution in [-0.2, 0) is 6.54 Å². The number of nitriles is 2. The summed E-state index contributed by atoms with van der Waals surface area (Å²) in [6.45, 7) is 1.74. The molecule has 5 heteroatoms. The highest BCUT2D eigenvalue weighted by molar-refractivity contribution is 9.10. The van der Waals surface area contributed by atoms with Gasteiger partial charge in [0.15, 0.2) is 0 Å². The first-order valence-corrected chi connectivity index (χ1v) is 6.40. The Morgan fingerprint density at radius 2 is 1.78 bits per heavy atom. The van der Waals surface area contributed by atoms with E-state index in [0.717, 1.165) is 10.0 Å². The fourth-order valence-corrected chi connectivity index (χ4v) is 2.02. The van der Waals surface area contributed by atoms with Crippen LogP contribution in [0, 0.1) is 22.7 Å². The molecule has 0 amide bonds. The van der Waals surface area contributed by atoms with E-state index in [0.29, 0.717) is 32.5 Å². The molecule has 4 nitrogen and oxygen atoms in total. The van der Waals surface area contributed by atoms with Crippen LogP contribution in [0.3, 0.4) is 0 Å². The fourth-order valence-electron chi connectivity index (χ4n) is 1.61. The standard InChI is InChI=1S/C13H14BrN3O/c14-12-3-4-13(18)11(9-12)10-17(7-1-5-15)8-2-6-16/h3-4,9,18H,1-2,7-8,10H2. The van der Waals surface area contributed by atoms with Crippen molar-refractivity contribution in [3.63, 3.8) is 0 Å². The van der Waals surface area contributed by atoms with E-state index < -0.39 is 0 Å². The zero-order valence-electron chi connectivity index (χ0n) is 9.93. The molecule has 0 aliphatic rings. The van der Waals surface area contributed by atoms with Gasteiger partial charge in [-0.25, -0.2) is 0 Å². The highest BCUT2D eigenvalue weighted by atomic mass is 79.9. The minimum absolute atomic E-state index is 0.233. The third-order valence-corrected chi connectivity index (χ3v) is 3.01. The van der Waals surface area contributed by atoms with Gasteiger partial charge in [-0.15, -0.1) is 0 Å². The topological polar surface area (TPSA) is 71.0 Å². The first kappa shape index (κ1) is 14.5. The number of nitrogens with zero attached hydrogens (tertiary/aromatic N) is 3. The maximum absolute atomic E-state index is 9.76. The molecule has 0 bridgehead atoms. The van der Waals surface area contributed by atoms with Crippen molar-refractivity contribution in [2.24, 2.45) is 0 Å². The molecule has 0 aliphatic heterocycles. The normalized spacial score (nSPS) is 10.0. The van der Waals surface area contributed by atoms with Crippen LogP contribution in [-0.4, -0.2) is 23.1 Å². The van der Waals surface area contributed by atoms with Crippen LogP contribution in [0.1, 0.15) is 18.4 Å². The first-order chi connectivity index (χ1) is 8.67. The Kier molecular flexibility index (Phi) is 6.21. The molecular weight excluding hydrogens is 294 g/mol. The van der Waals surface area contributed by atoms with Crippen molar-refractivity contribution in [1.29, 1.82) is 10.5 Å². The summed E-state index contributed by atoms with van der Waals surface area (Å²) in [7, 11) is 0. The van der Waals surface area contributed by atoms with Gasteiger partial charge in [0.05, 0.1) is 12.1 Å². The number of phenols is 1. The molecule has 0 aliphatic carbocycles. The van der Waals surface area contributed by atoms with Crippen LogP contribution in [0.4, 0.5) is 0 Å². The number of halogens is 1. The van der Waals surface area contributed by atoms with Crippen LogP contribution < -0.4 is 0 Å². The Bertz CT molecular complexity index is 458. The smallest absolute Gasteiger partial charge is 0.120 e. The van der Waals surface area contributed by atoms with E-state index in [1.54, 1.807) is 12.1 Å². The van der Waals surface area contributed by atoms with Gasteiger partial charge in [-0.05, 0) is 18.2 Å². The SMILES string of the molecule is N#CCCN(CCC#N)Cc1cc(Br)ccc1O. The average molecular weight is 308 g/mol. The Hall–Kier alpha value is -1.56. The minimum Gasteiger partial charge on any atom is -0.508 e. The summed E-state index contributed by atoms with van der Waals surface area (Å²) in [5, 5.41) is 27.0. The average Bonchev–Trinajstić information content (AvgIpc) is 2.37. The molecular formula is C13H14BrN3O. The lowest BCUT2D eigenvalue weighted by Crippen LogP contribution is -2.25. The zero-order valence-corrected chi connectivity index (χ0v) is 11.5. The molecule has 0 fully saturated rings. The summed E-state index contributed by atoms with van der Waals surface area (Å²) < 4.78 is 0.899. The molecule has 0 spiro atoms. The summed E-state index contributed by atoms with van der Waals surface area (Å²) in [4.78, 5) is 1.99. The summed E-state index contributed by atoms with van der Waals surface area (Å²) in [6, 6.07) is 9.43. The van der Waals surface area contributed by atoms with Gasteiger partial charge in [-0.2, -0.15) is 10.5 Å². The maximum Gasteiger partial charge on any atom is 0.120 e. The predicted octanol–water partition coefficient (Wildman–Crippen LogP) is 2.78. The fraction of sp³-hybridized carbons (Fsp3) is 0.385. The van der Waals surface area contributed by atoms with Gasteiger partial charge in [0, 0.05) is 42.5 Å². The van der Waals surface area contributed by atoms with Crippen molar-refractivity contribution >= 4 is 15.9 Å². The molecule has 1 aromatic carbocycles. The Morgan fingerprint density at radius 1 is 1.17 bits per heavy atom. The molecule has 0 saturated heterocycles. The molecule has 1 N–H and O–H groups in total. The van der Waals surface area contributed by atoms with E-state index in [-0.39, 0.29) is 5.75 Å². The highest BCUT2D eigenvalue weighted by Gasteiger charge is 2.09. The Morgan fingerprint density at radius 3 is 2.33 bits per heavy atom. The van der Waals surface area contributed by atoms with Gasteiger partial charge in [0.1, 0.15) is 5.75 Å². The van der Waals surface area contributed by atoms with Gasteiger partial charge >= 0.3 is 0 Å².